The molecule has 0 aromatic heterocycles. The molecule has 0 saturated carbocycles. The molecule has 0 radical (unpaired) electrons. The van der Waals surface area contributed by atoms with Crippen LogP contribution in [0.3, 0.4) is 0 Å². The molecule has 5 heteroatoms. The standard InChI is InChI=1S/C25H43N3O2/c1-10-20(11-2)25(30)28(19(7)18(5)6)16-21-15-22(12-13-23(21)27(8)9)26-24(29)14-17(3)4/h12-13,15,17-20H,10-11,14,16H2,1-9H3,(H,26,29)/t19-/m1/s1. The summed E-state index contributed by atoms with van der Waals surface area (Å²) in [4.78, 5) is 29.7. The van der Waals surface area contributed by atoms with Crippen LogP contribution < -0.4 is 10.2 Å². The fourth-order valence-electron chi connectivity index (χ4n) is 3.65. The second kappa shape index (κ2) is 12.0. The summed E-state index contributed by atoms with van der Waals surface area (Å²) >= 11 is 0. The van der Waals surface area contributed by atoms with Crippen molar-refractivity contribution in [2.45, 2.75) is 80.3 Å². The fraction of sp³-hybridized carbons (Fsp3) is 0.680. The molecule has 0 aliphatic heterocycles. The average Bonchev–Trinajstić information content (AvgIpc) is 2.65. The molecule has 0 saturated heterocycles. The predicted molar refractivity (Wildman–Crippen MR) is 128 cm³/mol. The zero-order chi connectivity index (χ0) is 23.0. The van der Waals surface area contributed by atoms with Gasteiger partial charge in [0.25, 0.3) is 0 Å². The summed E-state index contributed by atoms with van der Waals surface area (Å²) in [5.74, 6) is 0.961. The smallest absolute Gasteiger partial charge is 0.226 e. The molecule has 0 aliphatic rings. The van der Waals surface area contributed by atoms with Crippen molar-refractivity contribution in [1.82, 2.24) is 4.90 Å². The van der Waals surface area contributed by atoms with Gasteiger partial charge in [-0.2, -0.15) is 0 Å². The zero-order valence-electron chi connectivity index (χ0n) is 20.6. The van der Waals surface area contributed by atoms with E-state index in [0.29, 0.717) is 24.8 Å². The topological polar surface area (TPSA) is 52.7 Å². The SMILES string of the molecule is CCC(CC)C(=O)N(Cc1cc(NC(=O)CC(C)C)ccc1N(C)C)[C@H](C)C(C)C. The number of nitrogens with one attached hydrogen (secondary N) is 1. The van der Waals surface area contributed by atoms with Gasteiger partial charge in [0.15, 0.2) is 0 Å². The van der Waals surface area contributed by atoms with Crippen LogP contribution >= 0.6 is 0 Å². The molecule has 1 aromatic carbocycles. The Morgan fingerprint density at radius 3 is 2.07 bits per heavy atom. The molecular formula is C25H43N3O2. The summed E-state index contributed by atoms with van der Waals surface area (Å²) in [5, 5.41) is 3.02. The highest BCUT2D eigenvalue weighted by molar-refractivity contribution is 5.91. The Bertz CT molecular complexity index is 694. The van der Waals surface area contributed by atoms with Crippen molar-refractivity contribution in [3.63, 3.8) is 0 Å². The van der Waals surface area contributed by atoms with E-state index in [1.54, 1.807) is 0 Å². The molecule has 0 fully saturated rings. The lowest BCUT2D eigenvalue weighted by Gasteiger charge is -2.35. The van der Waals surface area contributed by atoms with E-state index in [9.17, 15) is 9.59 Å². The normalized spacial score (nSPS) is 12.4. The van der Waals surface area contributed by atoms with Crippen molar-refractivity contribution in [3.8, 4) is 0 Å². The summed E-state index contributed by atoms with van der Waals surface area (Å²) in [6.45, 7) is 15.2. The Hall–Kier alpha value is -2.04. The molecule has 0 bridgehead atoms. The van der Waals surface area contributed by atoms with Gasteiger partial charge in [0.05, 0.1) is 0 Å². The fourth-order valence-corrected chi connectivity index (χ4v) is 3.65. The Kier molecular flexibility index (Phi) is 10.4. The van der Waals surface area contributed by atoms with Crippen LogP contribution in [0, 0.1) is 17.8 Å². The maximum Gasteiger partial charge on any atom is 0.226 e. The number of anilines is 2. The van der Waals surface area contributed by atoms with E-state index in [2.05, 4.69) is 44.8 Å². The first-order valence-corrected chi connectivity index (χ1v) is 11.4. The highest BCUT2D eigenvalue weighted by atomic mass is 16.2. The summed E-state index contributed by atoms with van der Waals surface area (Å²) < 4.78 is 0. The summed E-state index contributed by atoms with van der Waals surface area (Å²) in [6.07, 6.45) is 2.19. The highest BCUT2D eigenvalue weighted by Crippen LogP contribution is 2.28. The van der Waals surface area contributed by atoms with Gasteiger partial charge in [-0.05, 0) is 55.4 Å². The Labute approximate surface area is 184 Å². The van der Waals surface area contributed by atoms with Crippen molar-refractivity contribution >= 4 is 23.2 Å². The molecule has 1 rings (SSSR count). The maximum absolute atomic E-state index is 13.4. The lowest BCUT2D eigenvalue weighted by Crippen LogP contribution is -2.44. The van der Waals surface area contributed by atoms with E-state index in [4.69, 9.17) is 0 Å². The van der Waals surface area contributed by atoms with E-state index in [1.807, 2.05) is 51.0 Å². The Morgan fingerprint density at radius 2 is 1.60 bits per heavy atom. The molecule has 1 N–H and O–H groups in total. The van der Waals surface area contributed by atoms with Crippen molar-refractivity contribution < 1.29 is 9.59 Å². The molecule has 0 heterocycles. The van der Waals surface area contributed by atoms with Gasteiger partial charge in [0, 0.05) is 50.4 Å². The van der Waals surface area contributed by atoms with Crippen LogP contribution in [0.25, 0.3) is 0 Å². The molecule has 0 unspecified atom stereocenters. The number of amides is 2. The van der Waals surface area contributed by atoms with Crippen LogP contribution in [-0.2, 0) is 16.1 Å². The third kappa shape index (κ3) is 7.33. The van der Waals surface area contributed by atoms with Gasteiger partial charge in [0.2, 0.25) is 11.8 Å². The van der Waals surface area contributed by atoms with Crippen LogP contribution in [0.1, 0.15) is 73.3 Å². The summed E-state index contributed by atoms with van der Waals surface area (Å²) in [5.41, 5.74) is 2.90. The van der Waals surface area contributed by atoms with E-state index in [-0.39, 0.29) is 23.8 Å². The average molecular weight is 418 g/mol. The van der Waals surface area contributed by atoms with E-state index < -0.39 is 0 Å². The lowest BCUT2D eigenvalue weighted by atomic mass is 9.96. The van der Waals surface area contributed by atoms with Crippen LogP contribution in [0.15, 0.2) is 18.2 Å². The van der Waals surface area contributed by atoms with Crippen molar-refractivity contribution in [1.29, 1.82) is 0 Å². The number of benzene rings is 1. The molecular weight excluding hydrogens is 374 g/mol. The number of carbonyl (C=O) groups is 2. The minimum atomic E-state index is 0.0223. The second-order valence-electron chi connectivity index (χ2n) is 9.35. The molecule has 170 valence electrons. The third-order valence-corrected chi connectivity index (χ3v) is 5.85. The van der Waals surface area contributed by atoms with Gasteiger partial charge in [-0.3, -0.25) is 9.59 Å². The third-order valence-electron chi connectivity index (χ3n) is 5.85. The van der Waals surface area contributed by atoms with Gasteiger partial charge in [-0.15, -0.1) is 0 Å². The number of carbonyl (C=O) groups excluding carboxylic acids is 2. The number of hydrogen-bond acceptors (Lipinski definition) is 3. The van der Waals surface area contributed by atoms with E-state index >= 15 is 0 Å². The van der Waals surface area contributed by atoms with Crippen molar-refractivity contribution in [2.75, 3.05) is 24.3 Å². The van der Waals surface area contributed by atoms with Crippen molar-refractivity contribution in [3.05, 3.63) is 23.8 Å². The Balaban J connectivity index is 3.29. The quantitative estimate of drug-likeness (QED) is 0.514. The van der Waals surface area contributed by atoms with Gasteiger partial charge in [-0.25, -0.2) is 0 Å². The predicted octanol–water partition coefficient (Wildman–Crippen LogP) is 5.55. The second-order valence-corrected chi connectivity index (χ2v) is 9.35. The lowest BCUT2D eigenvalue weighted by molar-refractivity contribution is -0.139. The molecule has 0 aliphatic carbocycles. The van der Waals surface area contributed by atoms with Gasteiger partial charge >= 0.3 is 0 Å². The highest BCUT2D eigenvalue weighted by Gasteiger charge is 2.28. The zero-order valence-corrected chi connectivity index (χ0v) is 20.6. The molecule has 30 heavy (non-hydrogen) atoms. The minimum absolute atomic E-state index is 0.0223. The van der Waals surface area contributed by atoms with Crippen LogP contribution in [0.2, 0.25) is 0 Å². The summed E-state index contributed by atoms with van der Waals surface area (Å²) in [6, 6.07) is 6.12. The van der Waals surface area contributed by atoms with Crippen molar-refractivity contribution in [2.24, 2.45) is 17.8 Å². The molecule has 5 nitrogen and oxygen atoms in total. The van der Waals surface area contributed by atoms with E-state index in [0.717, 1.165) is 29.8 Å². The van der Waals surface area contributed by atoms with Crippen LogP contribution in [0.4, 0.5) is 11.4 Å². The van der Waals surface area contributed by atoms with Gasteiger partial charge < -0.3 is 15.1 Å². The monoisotopic (exact) mass is 417 g/mol. The minimum Gasteiger partial charge on any atom is -0.377 e. The number of nitrogens with zero attached hydrogens (tertiary/aromatic N) is 2. The molecule has 1 aromatic rings. The first-order chi connectivity index (χ1) is 14.0. The van der Waals surface area contributed by atoms with Gasteiger partial charge in [0.1, 0.15) is 0 Å². The Morgan fingerprint density at radius 1 is 1.00 bits per heavy atom. The summed E-state index contributed by atoms with van der Waals surface area (Å²) in [7, 11) is 4.02. The maximum atomic E-state index is 13.4. The van der Waals surface area contributed by atoms with Crippen LogP contribution in [-0.4, -0.2) is 36.9 Å². The largest absolute Gasteiger partial charge is 0.377 e. The number of rotatable bonds is 11. The van der Waals surface area contributed by atoms with Crippen LogP contribution in [0.5, 0.6) is 0 Å². The molecule has 2 amide bonds. The molecule has 1 atom stereocenters. The number of hydrogen-bond donors (Lipinski definition) is 1. The molecule has 0 spiro atoms. The van der Waals surface area contributed by atoms with E-state index in [1.165, 1.54) is 0 Å². The van der Waals surface area contributed by atoms with Gasteiger partial charge in [-0.1, -0.05) is 41.5 Å². The first kappa shape index (κ1) is 26.0. The first-order valence-electron chi connectivity index (χ1n) is 11.4.